The van der Waals surface area contributed by atoms with Crippen LogP contribution < -0.4 is 9.64 Å². The molecule has 4 aromatic rings. The van der Waals surface area contributed by atoms with Crippen LogP contribution in [0.1, 0.15) is 9.80 Å². The lowest BCUT2D eigenvalue weighted by atomic mass is 10.3. The van der Waals surface area contributed by atoms with Gasteiger partial charge < -0.3 is 9.64 Å². The van der Waals surface area contributed by atoms with Crippen molar-refractivity contribution < 1.29 is 9.53 Å². The van der Waals surface area contributed by atoms with Crippen molar-refractivity contribution in [2.45, 2.75) is 0 Å². The number of rotatable bonds is 6. The highest BCUT2D eigenvalue weighted by atomic mass is 35.5. The molecule has 9 heteroatoms. The number of methoxy groups -OCH3 is 1. The molecule has 4 rings (SSSR count). The third-order valence-electron chi connectivity index (χ3n) is 4.31. The summed E-state index contributed by atoms with van der Waals surface area (Å²) in [7, 11) is 5.60. The molecule has 0 aliphatic rings. The van der Waals surface area contributed by atoms with Gasteiger partial charge in [-0.1, -0.05) is 29.5 Å². The standard InChI is InChI=1S/C20H20N4O2S2.ClH/c1-23(2)11-12-24(19(25)18-21-13-7-4-5-9-15(13)27-18)20-22-17-14(26-3)8-6-10-16(17)28-20;/h4-10H,11-12H2,1-3H3;1H. The predicted octanol–water partition coefficient (Wildman–Crippen LogP) is 4.54. The summed E-state index contributed by atoms with van der Waals surface area (Å²) in [5.41, 5.74) is 1.62. The average molecular weight is 449 g/mol. The SMILES string of the molecule is COc1cccc2sc(N(CCN(C)C)C(=O)c3nc4ccccc4s3)nc12.Cl. The highest BCUT2D eigenvalue weighted by Gasteiger charge is 2.25. The number of benzene rings is 2. The lowest BCUT2D eigenvalue weighted by Gasteiger charge is -2.20. The first-order valence-electron chi connectivity index (χ1n) is 8.82. The van der Waals surface area contributed by atoms with E-state index >= 15 is 0 Å². The van der Waals surface area contributed by atoms with Gasteiger partial charge in [-0.3, -0.25) is 9.69 Å². The molecule has 0 atom stereocenters. The number of halogens is 1. The van der Waals surface area contributed by atoms with Gasteiger partial charge in [0.15, 0.2) is 10.1 Å². The van der Waals surface area contributed by atoms with E-state index in [2.05, 4.69) is 4.98 Å². The number of hydrogen-bond acceptors (Lipinski definition) is 7. The van der Waals surface area contributed by atoms with E-state index in [-0.39, 0.29) is 18.3 Å². The largest absolute Gasteiger partial charge is 0.494 e. The Morgan fingerprint density at radius 3 is 2.48 bits per heavy atom. The van der Waals surface area contributed by atoms with Crippen LogP contribution in [-0.2, 0) is 0 Å². The lowest BCUT2D eigenvalue weighted by molar-refractivity contribution is 0.0985. The van der Waals surface area contributed by atoms with E-state index < -0.39 is 0 Å². The number of carbonyl (C=O) groups excluding carboxylic acids is 1. The fraction of sp³-hybridized carbons (Fsp3) is 0.250. The fourth-order valence-electron chi connectivity index (χ4n) is 2.85. The molecule has 0 fully saturated rings. The van der Waals surface area contributed by atoms with Gasteiger partial charge in [0, 0.05) is 13.1 Å². The van der Waals surface area contributed by atoms with Gasteiger partial charge in [-0.2, -0.15) is 0 Å². The van der Waals surface area contributed by atoms with Gasteiger partial charge in [-0.05, 0) is 38.4 Å². The molecule has 0 aliphatic heterocycles. The molecule has 2 heterocycles. The zero-order valence-corrected chi connectivity index (χ0v) is 18.7. The highest BCUT2D eigenvalue weighted by molar-refractivity contribution is 7.23. The summed E-state index contributed by atoms with van der Waals surface area (Å²) in [5.74, 6) is 0.584. The van der Waals surface area contributed by atoms with E-state index in [0.29, 0.717) is 22.4 Å². The first-order valence-corrected chi connectivity index (χ1v) is 10.5. The summed E-state index contributed by atoms with van der Waals surface area (Å²) in [4.78, 5) is 26.4. The molecule has 0 bridgehead atoms. The molecule has 0 saturated heterocycles. The fourth-order valence-corrected chi connectivity index (χ4v) is 4.78. The van der Waals surface area contributed by atoms with E-state index in [4.69, 9.17) is 9.72 Å². The summed E-state index contributed by atoms with van der Waals surface area (Å²) >= 11 is 2.90. The molecule has 0 radical (unpaired) electrons. The number of nitrogens with zero attached hydrogens (tertiary/aromatic N) is 4. The van der Waals surface area contributed by atoms with Crippen molar-refractivity contribution in [1.82, 2.24) is 14.9 Å². The Kier molecular flexibility index (Phi) is 6.69. The molecular weight excluding hydrogens is 428 g/mol. The second-order valence-electron chi connectivity index (χ2n) is 6.55. The zero-order chi connectivity index (χ0) is 19.7. The number of ether oxygens (including phenoxy) is 1. The van der Waals surface area contributed by atoms with Crippen LogP contribution in [0.25, 0.3) is 20.4 Å². The Labute approximate surface area is 183 Å². The molecule has 6 nitrogen and oxygen atoms in total. The van der Waals surface area contributed by atoms with Crippen LogP contribution in [0.5, 0.6) is 5.75 Å². The topological polar surface area (TPSA) is 58.6 Å². The molecule has 0 saturated carbocycles. The van der Waals surface area contributed by atoms with Crippen molar-refractivity contribution >= 4 is 66.6 Å². The third kappa shape index (κ3) is 4.35. The Morgan fingerprint density at radius 1 is 1.00 bits per heavy atom. The van der Waals surface area contributed by atoms with Crippen LogP contribution in [0, 0.1) is 0 Å². The molecule has 1 amide bonds. The number of amides is 1. The van der Waals surface area contributed by atoms with Crippen LogP contribution >= 0.6 is 35.1 Å². The van der Waals surface area contributed by atoms with Gasteiger partial charge in [-0.25, -0.2) is 9.97 Å². The van der Waals surface area contributed by atoms with Crippen molar-refractivity contribution in [1.29, 1.82) is 0 Å². The first-order chi connectivity index (χ1) is 13.6. The van der Waals surface area contributed by atoms with E-state index in [9.17, 15) is 4.79 Å². The summed E-state index contributed by atoms with van der Waals surface area (Å²) < 4.78 is 7.42. The van der Waals surface area contributed by atoms with E-state index in [0.717, 1.165) is 27.0 Å². The summed E-state index contributed by atoms with van der Waals surface area (Å²) in [6, 6.07) is 13.6. The molecule has 152 valence electrons. The Hall–Kier alpha value is -2.26. The van der Waals surface area contributed by atoms with E-state index in [1.807, 2.05) is 61.5 Å². The Balaban J connectivity index is 0.00000240. The minimum atomic E-state index is -0.124. The maximum absolute atomic E-state index is 13.3. The van der Waals surface area contributed by atoms with Gasteiger partial charge in [0.2, 0.25) is 0 Å². The molecular formula is C20H21ClN4O2S2. The van der Waals surface area contributed by atoms with Gasteiger partial charge >= 0.3 is 0 Å². The predicted molar refractivity (Wildman–Crippen MR) is 123 cm³/mol. The Bertz CT molecular complexity index is 1110. The summed E-state index contributed by atoms with van der Waals surface area (Å²) in [5, 5.41) is 1.14. The maximum atomic E-state index is 13.3. The van der Waals surface area contributed by atoms with Crippen molar-refractivity contribution in [3.8, 4) is 5.75 Å². The van der Waals surface area contributed by atoms with E-state index in [1.54, 1.807) is 12.0 Å². The van der Waals surface area contributed by atoms with Crippen molar-refractivity contribution in [3.05, 3.63) is 47.5 Å². The average Bonchev–Trinajstić information content (AvgIpc) is 3.31. The minimum absolute atomic E-state index is 0. The second-order valence-corrected chi connectivity index (χ2v) is 8.59. The molecule has 0 spiro atoms. The second kappa shape index (κ2) is 9.04. The highest BCUT2D eigenvalue weighted by Crippen LogP contribution is 2.35. The normalized spacial score (nSPS) is 11.0. The molecule has 2 aromatic heterocycles. The smallest absolute Gasteiger partial charge is 0.289 e. The third-order valence-corrected chi connectivity index (χ3v) is 6.38. The van der Waals surface area contributed by atoms with Crippen LogP contribution in [-0.4, -0.2) is 55.1 Å². The van der Waals surface area contributed by atoms with Crippen molar-refractivity contribution in [2.24, 2.45) is 0 Å². The molecule has 0 unspecified atom stereocenters. The number of para-hydroxylation sites is 2. The molecule has 0 N–H and O–H groups in total. The lowest BCUT2D eigenvalue weighted by Crippen LogP contribution is -2.36. The molecule has 2 aromatic carbocycles. The number of aromatic nitrogens is 2. The van der Waals surface area contributed by atoms with Crippen LogP contribution in [0.3, 0.4) is 0 Å². The van der Waals surface area contributed by atoms with Crippen molar-refractivity contribution in [2.75, 3.05) is 39.2 Å². The number of carbonyl (C=O) groups is 1. The van der Waals surface area contributed by atoms with Crippen LogP contribution in [0.2, 0.25) is 0 Å². The van der Waals surface area contributed by atoms with Gasteiger partial charge in [0.25, 0.3) is 5.91 Å². The summed E-state index contributed by atoms with van der Waals surface area (Å²) in [6.45, 7) is 1.26. The maximum Gasteiger partial charge on any atom is 0.289 e. The van der Waals surface area contributed by atoms with E-state index in [1.165, 1.54) is 22.7 Å². The van der Waals surface area contributed by atoms with Crippen molar-refractivity contribution in [3.63, 3.8) is 0 Å². The number of likely N-dealkylation sites (N-methyl/N-ethyl adjacent to an activating group) is 1. The van der Waals surface area contributed by atoms with Gasteiger partial charge in [0.1, 0.15) is 11.3 Å². The Morgan fingerprint density at radius 2 is 1.76 bits per heavy atom. The number of thiazole rings is 2. The monoisotopic (exact) mass is 448 g/mol. The first kappa shape index (κ1) is 21.4. The number of anilines is 1. The summed E-state index contributed by atoms with van der Waals surface area (Å²) in [6.07, 6.45) is 0. The zero-order valence-electron chi connectivity index (χ0n) is 16.3. The quantitative estimate of drug-likeness (QED) is 0.433. The minimum Gasteiger partial charge on any atom is -0.494 e. The van der Waals surface area contributed by atoms with Gasteiger partial charge in [0.05, 0.1) is 22.0 Å². The van der Waals surface area contributed by atoms with Crippen LogP contribution in [0.4, 0.5) is 5.13 Å². The molecule has 0 aliphatic carbocycles. The molecule has 29 heavy (non-hydrogen) atoms. The van der Waals surface area contributed by atoms with Gasteiger partial charge in [-0.15, -0.1) is 23.7 Å². The van der Waals surface area contributed by atoms with Crippen LogP contribution in [0.15, 0.2) is 42.5 Å². The number of fused-ring (bicyclic) bond motifs is 2. The number of hydrogen-bond donors (Lipinski definition) is 0.